The van der Waals surface area contributed by atoms with Gasteiger partial charge in [-0.15, -0.1) is 0 Å². The maximum Gasteiger partial charge on any atom is 0.411 e. The average Bonchev–Trinajstić information content (AvgIpc) is 3.47. The molecule has 4 fully saturated rings. The molecule has 5 aliphatic rings. The van der Waals surface area contributed by atoms with Gasteiger partial charge in [-0.25, -0.2) is 4.79 Å². The monoisotopic (exact) mass is 529 g/mol. The molecule has 0 aromatic heterocycles. The van der Waals surface area contributed by atoms with Crippen LogP contribution < -0.4 is 5.43 Å². The van der Waals surface area contributed by atoms with Gasteiger partial charge in [0.1, 0.15) is 6.61 Å². The van der Waals surface area contributed by atoms with Crippen molar-refractivity contribution in [3.8, 4) is 0 Å². The molecule has 12 heteroatoms. The molecule has 9 nitrogen and oxygen atoms in total. The molecule has 208 valence electrons. The molecule has 5 atom stereocenters. The number of hydrogen-bond donors (Lipinski definition) is 1. The highest BCUT2D eigenvalue weighted by Crippen LogP contribution is 2.36. The number of nitrogens with zero attached hydrogens (tertiary/aromatic N) is 4. The number of likely N-dealkylation sites (tertiary alicyclic amines) is 2. The van der Waals surface area contributed by atoms with Gasteiger partial charge in [-0.05, 0) is 75.5 Å². The number of hydrogen-bond acceptors (Lipinski definition) is 7. The zero-order valence-corrected chi connectivity index (χ0v) is 21.2. The Bertz CT molecular complexity index is 835. The fourth-order valence-electron chi connectivity index (χ4n) is 6.76. The summed E-state index contributed by atoms with van der Waals surface area (Å²) in [5, 5.41) is 8.14. The molecular weight excluding hydrogens is 491 g/mol. The molecule has 0 radical (unpaired) electrons. The van der Waals surface area contributed by atoms with E-state index in [-0.39, 0.29) is 42.0 Å². The molecule has 3 heterocycles. The van der Waals surface area contributed by atoms with E-state index in [1.165, 1.54) is 0 Å². The second kappa shape index (κ2) is 11.3. The summed E-state index contributed by atoms with van der Waals surface area (Å²) in [7, 11) is 0. The lowest BCUT2D eigenvalue weighted by molar-refractivity contribution is -0.188. The Morgan fingerprint density at radius 3 is 2.30 bits per heavy atom. The molecule has 2 amide bonds. The summed E-state index contributed by atoms with van der Waals surface area (Å²) in [6.07, 6.45) is 1.84. The second-order valence-electron chi connectivity index (χ2n) is 11.5. The van der Waals surface area contributed by atoms with Gasteiger partial charge in [0.15, 0.2) is 0 Å². The van der Waals surface area contributed by atoms with Gasteiger partial charge in [0.25, 0.3) is 0 Å². The Labute approximate surface area is 215 Å². The first-order valence-corrected chi connectivity index (χ1v) is 13.8. The van der Waals surface area contributed by atoms with E-state index < -0.39 is 12.8 Å². The van der Waals surface area contributed by atoms with E-state index in [0.717, 1.165) is 45.2 Å². The smallest absolute Gasteiger partial charge is 0.411 e. The maximum atomic E-state index is 13.2. The van der Waals surface area contributed by atoms with E-state index in [1.807, 2.05) is 4.90 Å². The molecule has 5 rings (SSSR count). The summed E-state index contributed by atoms with van der Waals surface area (Å²) in [5.74, 6) is 1.27. The summed E-state index contributed by atoms with van der Waals surface area (Å²) in [6, 6.07) is 0.403. The highest BCUT2D eigenvalue weighted by atomic mass is 19.4. The van der Waals surface area contributed by atoms with Crippen molar-refractivity contribution in [1.29, 1.82) is 0 Å². The van der Waals surface area contributed by atoms with E-state index in [9.17, 15) is 22.8 Å². The highest BCUT2D eigenvalue weighted by molar-refractivity contribution is 5.79. The molecular formula is C25H38F3N5O4. The molecule has 37 heavy (non-hydrogen) atoms. The second-order valence-corrected chi connectivity index (χ2v) is 11.5. The van der Waals surface area contributed by atoms with E-state index >= 15 is 0 Å². The predicted octanol–water partition coefficient (Wildman–Crippen LogP) is 3.94. The van der Waals surface area contributed by atoms with Gasteiger partial charge in [-0.3, -0.25) is 10.2 Å². The van der Waals surface area contributed by atoms with Crippen LogP contribution in [0.2, 0.25) is 0 Å². The lowest BCUT2D eigenvalue weighted by atomic mass is 9.82. The lowest BCUT2D eigenvalue weighted by Gasteiger charge is -2.31. The minimum Gasteiger partial charge on any atom is -0.449 e. The number of rotatable bonds is 5. The lowest BCUT2D eigenvalue weighted by Crippen LogP contribution is -2.44. The SMILES string of the molecule is O=C(OCC1CCC(OCC(F)(F)F)CC1)N1CCC2CN(C(=O)C3CCC4N=NNC4C3)CC2CC1. The minimum absolute atomic E-state index is 0.0392. The fourth-order valence-corrected chi connectivity index (χ4v) is 6.76. The van der Waals surface area contributed by atoms with Crippen LogP contribution in [0.25, 0.3) is 0 Å². The van der Waals surface area contributed by atoms with Gasteiger partial charge >= 0.3 is 12.3 Å². The topological polar surface area (TPSA) is 95.8 Å². The number of carbonyl (C=O) groups excluding carboxylic acids is 2. The first kappa shape index (κ1) is 26.5. The Hall–Kier alpha value is -2.11. The zero-order valence-electron chi connectivity index (χ0n) is 21.2. The quantitative estimate of drug-likeness (QED) is 0.582. The average molecular weight is 530 g/mol. The van der Waals surface area contributed by atoms with Crippen LogP contribution in [0.15, 0.2) is 10.3 Å². The van der Waals surface area contributed by atoms with E-state index in [2.05, 4.69) is 15.8 Å². The third-order valence-electron chi connectivity index (χ3n) is 9.00. The Morgan fingerprint density at radius 1 is 0.919 bits per heavy atom. The molecule has 1 N–H and O–H groups in total. The van der Waals surface area contributed by atoms with Gasteiger partial charge < -0.3 is 19.3 Å². The van der Waals surface area contributed by atoms with Crippen molar-refractivity contribution < 1.29 is 32.2 Å². The predicted molar refractivity (Wildman–Crippen MR) is 126 cm³/mol. The van der Waals surface area contributed by atoms with Gasteiger partial charge in [-0.2, -0.15) is 18.3 Å². The van der Waals surface area contributed by atoms with Gasteiger partial charge in [0.05, 0.1) is 24.8 Å². The summed E-state index contributed by atoms with van der Waals surface area (Å²) in [6.45, 7) is 1.87. The molecule has 0 spiro atoms. The molecule has 0 bridgehead atoms. The Balaban J connectivity index is 1.00. The number of amides is 2. The van der Waals surface area contributed by atoms with Crippen molar-refractivity contribution in [3.63, 3.8) is 0 Å². The molecule has 2 aliphatic carbocycles. The number of carbonyl (C=O) groups is 2. The van der Waals surface area contributed by atoms with Crippen LogP contribution in [0.3, 0.4) is 0 Å². The van der Waals surface area contributed by atoms with Crippen LogP contribution in [-0.4, -0.2) is 85.6 Å². The Kier molecular flexibility index (Phi) is 8.11. The number of halogens is 3. The van der Waals surface area contributed by atoms with Crippen molar-refractivity contribution >= 4 is 12.0 Å². The molecule has 5 unspecified atom stereocenters. The molecule has 2 saturated carbocycles. The largest absolute Gasteiger partial charge is 0.449 e. The third-order valence-corrected chi connectivity index (χ3v) is 9.00. The fraction of sp³-hybridized carbons (Fsp3) is 0.920. The number of ether oxygens (including phenoxy) is 2. The first-order valence-electron chi connectivity index (χ1n) is 13.8. The van der Waals surface area contributed by atoms with Gasteiger partial charge in [-0.1, -0.05) is 5.22 Å². The van der Waals surface area contributed by atoms with E-state index in [0.29, 0.717) is 57.2 Å². The number of nitrogens with one attached hydrogen (secondary N) is 1. The van der Waals surface area contributed by atoms with Crippen LogP contribution >= 0.6 is 0 Å². The van der Waals surface area contributed by atoms with Crippen LogP contribution in [0.1, 0.15) is 57.8 Å². The van der Waals surface area contributed by atoms with Crippen molar-refractivity contribution in [1.82, 2.24) is 15.2 Å². The van der Waals surface area contributed by atoms with Crippen LogP contribution in [0.5, 0.6) is 0 Å². The summed E-state index contributed by atoms with van der Waals surface area (Å²) >= 11 is 0. The normalized spacial score (nSPS) is 35.9. The van der Waals surface area contributed by atoms with Crippen molar-refractivity contribution in [3.05, 3.63) is 0 Å². The zero-order chi connectivity index (χ0) is 26.0. The Morgan fingerprint density at radius 2 is 1.62 bits per heavy atom. The van der Waals surface area contributed by atoms with Crippen LogP contribution in [-0.2, 0) is 14.3 Å². The third kappa shape index (κ3) is 6.67. The van der Waals surface area contributed by atoms with Crippen LogP contribution in [0, 0.1) is 23.7 Å². The van der Waals surface area contributed by atoms with E-state index in [4.69, 9.17) is 9.47 Å². The van der Waals surface area contributed by atoms with Gasteiger partial charge in [0.2, 0.25) is 5.91 Å². The van der Waals surface area contributed by atoms with Crippen LogP contribution in [0.4, 0.5) is 18.0 Å². The van der Waals surface area contributed by atoms with Crippen molar-refractivity contribution in [2.75, 3.05) is 39.4 Å². The van der Waals surface area contributed by atoms with E-state index in [1.54, 1.807) is 4.90 Å². The number of alkyl halides is 3. The molecule has 0 aromatic carbocycles. The van der Waals surface area contributed by atoms with Crippen molar-refractivity contribution in [2.24, 2.45) is 34.0 Å². The number of fused-ring (bicyclic) bond motifs is 2. The molecule has 2 saturated heterocycles. The minimum atomic E-state index is -4.30. The summed E-state index contributed by atoms with van der Waals surface area (Å²) < 4.78 is 47.6. The first-order chi connectivity index (χ1) is 17.7. The van der Waals surface area contributed by atoms with Crippen molar-refractivity contribution in [2.45, 2.75) is 82.2 Å². The highest BCUT2D eigenvalue weighted by Gasteiger charge is 2.42. The summed E-state index contributed by atoms with van der Waals surface area (Å²) in [5.41, 5.74) is 3.05. The van der Waals surface area contributed by atoms with Gasteiger partial charge in [0, 0.05) is 32.1 Å². The maximum absolute atomic E-state index is 13.2. The summed E-state index contributed by atoms with van der Waals surface area (Å²) in [4.78, 5) is 29.8. The molecule has 3 aliphatic heterocycles. The standard InChI is InChI=1S/C25H38F3N5O4/c26-25(27,28)15-37-20-4-1-16(2-5-20)14-36-24(35)32-9-7-18-12-33(13-19(18)8-10-32)23(34)17-3-6-21-22(11-17)30-31-29-21/h16-22H,1-15H2,(H,29,30). The molecule has 0 aromatic rings.